The van der Waals surface area contributed by atoms with Crippen molar-refractivity contribution in [3.63, 3.8) is 0 Å². The summed E-state index contributed by atoms with van der Waals surface area (Å²) < 4.78 is 10.7. The number of ether oxygens (including phenoxy) is 2. The highest BCUT2D eigenvalue weighted by atomic mass is 16.5. The van der Waals surface area contributed by atoms with E-state index in [1.165, 1.54) is 0 Å². The Morgan fingerprint density at radius 2 is 2.47 bits per heavy atom. The van der Waals surface area contributed by atoms with Crippen molar-refractivity contribution in [2.24, 2.45) is 5.73 Å². The van der Waals surface area contributed by atoms with Gasteiger partial charge in [-0.25, -0.2) is 0 Å². The van der Waals surface area contributed by atoms with Crippen LogP contribution < -0.4 is 11.1 Å². The lowest BCUT2D eigenvalue weighted by molar-refractivity contribution is 0.137. The quantitative estimate of drug-likeness (QED) is 0.472. The fraction of sp³-hybridized carbons (Fsp3) is 0.818. The first-order valence-corrected chi connectivity index (χ1v) is 5.43. The highest BCUT2D eigenvalue weighted by molar-refractivity contribution is 4.92. The molecule has 0 aromatic rings. The molecule has 15 heavy (non-hydrogen) atoms. The minimum absolute atomic E-state index is 0.0212. The van der Waals surface area contributed by atoms with Crippen LogP contribution in [0.3, 0.4) is 0 Å². The first-order chi connectivity index (χ1) is 7.18. The molecule has 0 aromatic carbocycles. The third-order valence-electron chi connectivity index (χ3n) is 2.59. The van der Waals surface area contributed by atoms with Gasteiger partial charge in [-0.2, -0.15) is 0 Å². The zero-order chi connectivity index (χ0) is 11.1. The van der Waals surface area contributed by atoms with E-state index >= 15 is 0 Å². The maximum atomic E-state index is 5.73. The Morgan fingerprint density at radius 1 is 1.67 bits per heavy atom. The van der Waals surface area contributed by atoms with E-state index < -0.39 is 0 Å². The highest BCUT2D eigenvalue weighted by Crippen LogP contribution is 2.16. The summed E-state index contributed by atoms with van der Waals surface area (Å²) in [6.07, 6.45) is 0.990. The second kappa shape index (κ2) is 6.23. The summed E-state index contributed by atoms with van der Waals surface area (Å²) in [7, 11) is 0. The molecule has 0 bridgehead atoms. The first kappa shape index (κ1) is 12.6. The molecule has 1 heterocycles. The monoisotopic (exact) mass is 214 g/mol. The molecule has 0 radical (unpaired) electrons. The van der Waals surface area contributed by atoms with Crippen LogP contribution in [-0.2, 0) is 9.47 Å². The molecule has 1 aliphatic heterocycles. The molecular weight excluding hydrogens is 192 g/mol. The van der Waals surface area contributed by atoms with Gasteiger partial charge in [0, 0.05) is 19.7 Å². The Kier molecular flexibility index (Phi) is 5.25. The van der Waals surface area contributed by atoms with Crippen molar-refractivity contribution in [3.8, 4) is 0 Å². The van der Waals surface area contributed by atoms with E-state index in [4.69, 9.17) is 15.2 Å². The fourth-order valence-electron chi connectivity index (χ4n) is 1.61. The van der Waals surface area contributed by atoms with Crippen molar-refractivity contribution in [2.45, 2.75) is 18.9 Å². The van der Waals surface area contributed by atoms with Crippen LogP contribution >= 0.6 is 0 Å². The minimum Gasteiger partial charge on any atom is -0.379 e. The van der Waals surface area contributed by atoms with Gasteiger partial charge in [0.05, 0.1) is 25.4 Å². The predicted molar refractivity (Wildman–Crippen MR) is 60.9 cm³/mol. The predicted octanol–water partition coefficient (Wildman–Crippen LogP) is 0.287. The lowest BCUT2D eigenvalue weighted by atomic mass is 9.99. The smallest absolute Gasteiger partial charge is 0.0672 e. The number of nitrogens with one attached hydrogen (secondary N) is 1. The van der Waals surface area contributed by atoms with Crippen LogP contribution in [0.15, 0.2) is 12.2 Å². The van der Waals surface area contributed by atoms with E-state index in [9.17, 15) is 0 Å². The summed E-state index contributed by atoms with van der Waals surface area (Å²) in [4.78, 5) is 0. The van der Waals surface area contributed by atoms with Crippen molar-refractivity contribution in [2.75, 3.05) is 39.5 Å². The average molecular weight is 214 g/mol. The van der Waals surface area contributed by atoms with Crippen LogP contribution in [0, 0.1) is 0 Å². The van der Waals surface area contributed by atoms with Crippen molar-refractivity contribution < 1.29 is 9.47 Å². The number of nitrogens with two attached hydrogens (primary N) is 1. The standard InChI is InChI=1S/C11H22N2O2/c1-10(2)7-14-6-4-13-11(8-12)3-5-15-9-11/h13H,1,3-9,12H2,2H3. The van der Waals surface area contributed by atoms with E-state index in [-0.39, 0.29) is 5.54 Å². The Hall–Kier alpha value is -0.420. The number of hydrogen-bond acceptors (Lipinski definition) is 4. The van der Waals surface area contributed by atoms with Crippen molar-refractivity contribution in [3.05, 3.63) is 12.2 Å². The molecule has 1 rings (SSSR count). The van der Waals surface area contributed by atoms with Gasteiger partial charge in [0.1, 0.15) is 0 Å². The van der Waals surface area contributed by atoms with Gasteiger partial charge in [0.2, 0.25) is 0 Å². The molecule has 3 N–H and O–H groups in total. The van der Waals surface area contributed by atoms with Gasteiger partial charge in [-0.3, -0.25) is 0 Å². The summed E-state index contributed by atoms with van der Waals surface area (Å²) in [5, 5.41) is 3.41. The van der Waals surface area contributed by atoms with Crippen LogP contribution in [0.4, 0.5) is 0 Å². The lowest BCUT2D eigenvalue weighted by Crippen LogP contribution is -2.52. The van der Waals surface area contributed by atoms with Crippen LogP contribution in [0.1, 0.15) is 13.3 Å². The second-order valence-corrected chi connectivity index (χ2v) is 4.22. The van der Waals surface area contributed by atoms with E-state index in [1.54, 1.807) is 0 Å². The Balaban J connectivity index is 2.10. The Bertz CT molecular complexity index is 201. The van der Waals surface area contributed by atoms with E-state index in [0.717, 1.165) is 25.1 Å². The van der Waals surface area contributed by atoms with Crippen LogP contribution in [0.25, 0.3) is 0 Å². The van der Waals surface area contributed by atoms with Crippen LogP contribution in [0.5, 0.6) is 0 Å². The zero-order valence-corrected chi connectivity index (χ0v) is 9.55. The lowest BCUT2D eigenvalue weighted by Gasteiger charge is -2.27. The summed E-state index contributed by atoms with van der Waals surface area (Å²) in [6, 6.07) is 0. The zero-order valence-electron chi connectivity index (χ0n) is 9.55. The van der Waals surface area contributed by atoms with Gasteiger partial charge >= 0.3 is 0 Å². The Labute approximate surface area is 91.8 Å². The molecule has 1 atom stereocenters. The molecule has 1 aliphatic rings. The van der Waals surface area contributed by atoms with Gasteiger partial charge in [-0.15, -0.1) is 0 Å². The Morgan fingerprint density at radius 3 is 3.00 bits per heavy atom. The van der Waals surface area contributed by atoms with Crippen molar-refractivity contribution in [1.82, 2.24) is 5.32 Å². The van der Waals surface area contributed by atoms with E-state index in [0.29, 0.717) is 26.4 Å². The van der Waals surface area contributed by atoms with E-state index in [2.05, 4.69) is 11.9 Å². The van der Waals surface area contributed by atoms with Gasteiger partial charge in [-0.05, 0) is 13.3 Å². The van der Waals surface area contributed by atoms with Crippen LogP contribution in [-0.4, -0.2) is 45.1 Å². The largest absolute Gasteiger partial charge is 0.379 e. The molecule has 0 aliphatic carbocycles. The summed E-state index contributed by atoms with van der Waals surface area (Å²) in [6.45, 7) is 10.0. The van der Waals surface area contributed by atoms with Crippen LogP contribution in [0.2, 0.25) is 0 Å². The third-order valence-corrected chi connectivity index (χ3v) is 2.59. The third kappa shape index (κ3) is 4.30. The maximum Gasteiger partial charge on any atom is 0.0672 e. The average Bonchev–Trinajstić information content (AvgIpc) is 2.66. The van der Waals surface area contributed by atoms with Gasteiger partial charge < -0.3 is 20.5 Å². The molecular formula is C11H22N2O2. The highest BCUT2D eigenvalue weighted by Gasteiger charge is 2.32. The van der Waals surface area contributed by atoms with Gasteiger partial charge in [0.15, 0.2) is 0 Å². The topological polar surface area (TPSA) is 56.5 Å². The molecule has 4 nitrogen and oxygen atoms in total. The van der Waals surface area contributed by atoms with Gasteiger partial charge in [-0.1, -0.05) is 12.2 Å². The number of hydrogen-bond donors (Lipinski definition) is 2. The molecule has 0 spiro atoms. The molecule has 1 saturated heterocycles. The van der Waals surface area contributed by atoms with Gasteiger partial charge in [0.25, 0.3) is 0 Å². The molecule has 0 saturated carbocycles. The molecule has 88 valence electrons. The van der Waals surface area contributed by atoms with E-state index in [1.807, 2.05) is 6.92 Å². The van der Waals surface area contributed by atoms with Crippen molar-refractivity contribution >= 4 is 0 Å². The SMILES string of the molecule is C=C(C)COCCNC1(CN)CCOC1. The normalized spacial score (nSPS) is 25.7. The fourth-order valence-corrected chi connectivity index (χ4v) is 1.61. The summed E-state index contributed by atoms with van der Waals surface area (Å²) in [5.41, 5.74) is 6.76. The minimum atomic E-state index is -0.0212. The molecule has 0 aromatic heterocycles. The first-order valence-electron chi connectivity index (χ1n) is 5.43. The summed E-state index contributed by atoms with van der Waals surface area (Å²) in [5.74, 6) is 0. The number of rotatable bonds is 7. The molecule has 1 unspecified atom stereocenters. The molecule has 0 amide bonds. The second-order valence-electron chi connectivity index (χ2n) is 4.22. The van der Waals surface area contributed by atoms with Crippen molar-refractivity contribution in [1.29, 1.82) is 0 Å². The maximum absolute atomic E-state index is 5.73. The molecule has 4 heteroatoms. The summed E-state index contributed by atoms with van der Waals surface area (Å²) >= 11 is 0. The molecule has 1 fully saturated rings.